The summed E-state index contributed by atoms with van der Waals surface area (Å²) in [6.45, 7) is 5.13. The zero-order chi connectivity index (χ0) is 21.8. The molecule has 3 aliphatic rings. The zero-order valence-corrected chi connectivity index (χ0v) is 17.9. The minimum atomic E-state index is -1.04. The molecule has 1 aromatic carbocycles. The van der Waals surface area contributed by atoms with Gasteiger partial charge in [-0.15, -0.1) is 0 Å². The molecule has 162 valence electrons. The van der Waals surface area contributed by atoms with Crippen LogP contribution in [0, 0.1) is 13.8 Å². The van der Waals surface area contributed by atoms with E-state index in [-0.39, 0.29) is 24.3 Å². The van der Waals surface area contributed by atoms with E-state index in [4.69, 9.17) is 4.74 Å². The van der Waals surface area contributed by atoms with Crippen LogP contribution in [0.1, 0.15) is 52.1 Å². The van der Waals surface area contributed by atoms with Gasteiger partial charge in [0.25, 0.3) is 5.91 Å². The second-order valence-corrected chi connectivity index (χ2v) is 8.84. The Hall–Kier alpha value is -2.93. The highest BCUT2D eigenvalue weighted by molar-refractivity contribution is 6.12. The Balaban J connectivity index is 1.37. The fourth-order valence-corrected chi connectivity index (χ4v) is 5.32. The molecular weight excluding hydrogens is 394 g/mol. The van der Waals surface area contributed by atoms with Crippen LogP contribution in [0.25, 0.3) is 0 Å². The minimum Gasteiger partial charge on any atom is -0.376 e. The van der Waals surface area contributed by atoms with E-state index in [0.29, 0.717) is 18.5 Å². The van der Waals surface area contributed by atoms with Crippen LogP contribution in [0.2, 0.25) is 0 Å². The van der Waals surface area contributed by atoms with Gasteiger partial charge in [-0.3, -0.25) is 14.5 Å². The molecule has 3 amide bonds. The van der Waals surface area contributed by atoms with E-state index >= 15 is 0 Å². The number of nitrogens with zero attached hydrogens (tertiary/aromatic N) is 2. The third kappa shape index (κ3) is 3.10. The minimum absolute atomic E-state index is 0.168. The summed E-state index contributed by atoms with van der Waals surface area (Å²) in [5.74, 6) is -0.553. The molecule has 2 fully saturated rings. The molecule has 7 heteroatoms. The summed E-state index contributed by atoms with van der Waals surface area (Å²) in [6, 6.07) is 9.05. The zero-order valence-electron chi connectivity index (χ0n) is 17.9. The van der Waals surface area contributed by atoms with Gasteiger partial charge in [0, 0.05) is 30.1 Å². The summed E-state index contributed by atoms with van der Waals surface area (Å²) in [4.78, 5) is 40.3. The van der Waals surface area contributed by atoms with Crippen molar-refractivity contribution in [3.63, 3.8) is 0 Å². The lowest BCUT2D eigenvalue weighted by molar-refractivity contribution is -0.131. The number of aryl methyl sites for hydroxylation is 2. The van der Waals surface area contributed by atoms with Crippen LogP contribution >= 0.6 is 0 Å². The molecule has 5 rings (SSSR count). The SMILES string of the molecule is Cc1cc(C(=O)CN2C(=O)N[C@]3(CCc4ccccc43)C2=O)c(C)n1C[C@@H]1CCCO1. The number of Topliss-reactive ketones (excluding diaryl/α,β-unsaturated/α-hetero) is 1. The van der Waals surface area contributed by atoms with Gasteiger partial charge < -0.3 is 14.6 Å². The number of carbonyl (C=O) groups is 3. The van der Waals surface area contributed by atoms with Crippen molar-refractivity contribution in [3.05, 3.63) is 58.4 Å². The molecule has 31 heavy (non-hydrogen) atoms. The van der Waals surface area contributed by atoms with Crippen LogP contribution in [-0.4, -0.2) is 46.4 Å². The van der Waals surface area contributed by atoms with E-state index in [1.54, 1.807) is 0 Å². The summed E-state index contributed by atoms with van der Waals surface area (Å²) in [6.07, 6.45) is 3.51. The van der Waals surface area contributed by atoms with Gasteiger partial charge in [0.15, 0.2) is 5.78 Å². The first-order valence-electron chi connectivity index (χ1n) is 10.9. The summed E-state index contributed by atoms with van der Waals surface area (Å²) in [5.41, 5.74) is 3.27. The van der Waals surface area contributed by atoms with E-state index in [2.05, 4.69) is 9.88 Å². The number of aromatic nitrogens is 1. The summed E-state index contributed by atoms with van der Waals surface area (Å²) < 4.78 is 7.84. The van der Waals surface area contributed by atoms with Gasteiger partial charge in [0.05, 0.1) is 12.6 Å². The molecule has 2 aromatic rings. The van der Waals surface area contributed by atoms with Crippen LogP contribution < -0.4 is 5.32 Å². The lowest BCUT2D eigenvalue weighted by atomic mass is 9.92. The average molecular weight is 421 g/mol. The quantitative estimate of drug-likeness (QED) is 0.595. The van der Waals surface area contributed by atoms with Crippen molar-refractivity contribution in [1.82, 2.24) is 14.8 Å². The first-order chi connectivity index (χ1) is 14.9. The second kappa shape index (κ2) is 7.34. The van der Waals surface area contributed by atoms with Gasteiger partial charge in [0.1, 0.15) is 5.54 Å². The fraction of sp³-hybridized carbons (Fsp3) is 0.458. The molecule has 1 aliphatic carbocycles. The smallest absolute Gasteiger partial charge is 0.325 e. The van der Waals surface area contributed by atoms with Crippen molar-refractivity contribution in [2.45, 2.75) is 57.7 Å². The summed E-state index contributed by atoms with van der Waals surface area (Å²) in [7, 11) is 0. The maximum atomic E-state index is 13.3. The van der Waals surface area contributed by atoms with Crippen LogP contribution in [0.4, 0.5) is 4.79 Å². The molecule has 1 aromatic heterocycles. The molecule has 1 spiro atoms. The largest absolute Gasteiger partial charge is 0.376 e. The van der Waals surface area contributed by atoms with Gasteiger partial charge in [-0.2, -0.15) is 0 Å². The molecule has 7 nitrogen and oxygen atoms in total. The van der Waals surface area contributed by atoms with Crippen LogP contribution in [-0.2, 0) is 28.0 Å². The van der Waals surface area contributed by atoms with Gasteiger partial charge in [0.2, 0.25) is 0 Å². The van der Waals surface area contributed by atoms with Crippen molar-refractivity contribution in [1.29, 1.82) is 0 Å². The van der Waals surface area contributed by atoms with E-state index in [1.807, 2.05) is 44.2 Å². The highest BCUT2D eigenvalue weighted by Crippen LogP contribution is 2.41. The second-order valence-electron chi connectivity index (χ2n) is 8.84. The molecular formula is C24H27N3O4. The van der Waals surface area contributed by atoms with Gasteiger partial charge in [-0.1, -0.05) is 24.3 Å². The number of hydrogen-bond donors (Lipinski definition) is 1. The third-order valence-corrected chi connectivity index (χ3v) is 7.01. The van der Waals surface area contributed by atoms with Crippen molar-refractivity contribution in [2.24, 2.45) is 0 Å². The molecule has 0 unspecified atom stereocenters. The van der Waals surface area contributed by atoms with Crippen molar-refractivity contribution in [2.75, 3.05) is 13.2 Å². The summed E-state index contributed by atoms with van der Waals surface area (Å²) in [5, 5.41) is 2.89. The van der Waals surface area contributed by atoms with E-state index < -0.39 is 11.6 Å². The van der Waals surface area contributed by atoms with Crippen molar-refractivity contribution in [3.8, 4) is 0 Å². The summed E-state index contributed by atoms with van der Waals surface area (Å²) >= 11 is 0. The molecule has 2 aliphatic heterocycles. The highest BCUT2D eigenvalue weighted by Gasteiger charge is 2.55. The number of benzene rings is 1. The Labute approximate surface area is 181 Å². The predicted octanol–water partition coefficient (Wildman–Crippen LogP) is 2.86. The fourth-order valence-electron chi connectivity index (χ4n) is 5.32. The van der Waals surface area contributed by atoms with Gasteiger partial charge in [-0.25, -0.2) is 4.79 Å². The maximum Gasteiger partial charge on any atom is 0.325 e. The van der Waals surface area contributed by atoms with Crippen LogP contribution in [0.15, 0.2) is 30.3 Å². The van der Waals surface area contributed by atoms with Gasteiger partial charge >= 0.3 is 6.03 Å². The number of urea groups is 1. The monoisotopic (exact) mass is 421 g/mol. The first kappa shape index (κ1) is 20.0. The number of fused-ring (bicyclic) bond motifs is 2. The van der Waals surface area contributed by atoms with Crippen molar-refractivity contribution >= 4 is 17.7 Å². The number of ether oxygens (including phenoxy) is 1. The lowest BCUT2D eigenvalue weighted by Gasteiger charge is -2.22. The number of carbonyl (C=O) groups excluding carboxylic acids is 3. The van der Waals surface area contributed by atoms with E-state index in [9.17, 15) is 14.4 Å². The number of imide groups is 1. The first-order valence-corrected chi connectivity index (χ1v) is 10.9. The van der Waals surface area contributed by atoms with E-state index in [1.165, 1.54) is 0 Å². The van der Waals surface area contributed by atoms with E-state index in [0.717, 1.165) is 53.3 Å². The van der Waals surface area contributed by atoms with Crippen LogP contribution in [0.3, 0.4) is 0 Å². The highest BCUT2D eigenvalue weighted by atomic mass is 16.5. The number of rotatable bonds is 5. The average Bonchev–Trinajstić information content (AvgIpc) is 3.51. The molecule has 0 radical (unpaired) electrons. The Bertz CT molecular complexity index is 1080. The van der Waals surface area contributed by atoms with Crippen molar-refractivity contribution < 1.29 is 19.1 Å². The molecule has 2 atom stereocenters. The molecule has 0 bridgehead atoms. The topological polar surface area (TPSA) is 80.6 Å². The normalized spacial score (nSPS) is 24.8. The molecule has 3 heterocycles. The van der Waals surface area contributed by atoms with Gasteiger partial charge in [-0.05, 0) is 56.7 Å². The Morgan fingerprint density at radius 3 is 2.84 bits per heavy atom. The molecule has 1 N–H and O–H groups in total. The Morgan fingerprint density at radius 1 is 1.26 bits per heavy atom. The molecule has 2 saturated heterocycles. The predicted molar refractivity (Wildman–Crippen MR) is 114 cm³/mol. The number of ketones is 1. The number of amides is 3. The lowest BCUT2D eigenvalue weighted by Crippen LogP contribution is -2.42. The number of nitrogens with one attached hydrogen (secondary N) is 1. The van der Waals surface area contributed by atoms with Crippen LogP contribution in [0.5, 0.6) is 0 Å². The Morgan fingerprint density at radius 2 is 2.06 bits per heavy atom. The third-order valence-electron chi connectivity index (χ3n) is 7.01. The maximum absolute atomic E-state index is 13.3. The standard InChI is InChI=1S/C24H27N3O4/c1-15-12-19(16(2)26(15)13-18-7-5-11-31-18)21(28)14-27-22(29)24(25-23(27)30)10-9-17-6-3-4-8-20(17)24/h3-4,6,8,12,18H,5,7,9-11,13-14H2,1-2H3,(H,25,30)/t18-,24-/m0/s1. The number of hydrogen-bond acceptors (Lipinski definition) is 4. The molecule has 0 saturated carbocycles. The Kier molecular flexibility index (Phi) is 4.73.